The number of hydrogen-bond acceptors (Lipinski definition) is 4. The molecule has 0 aromatic heterocycles. The van der Waals surface area contributed by atoms with Crippen molar-refractivity contribution in [1.82, 2.24) is 4.90 Å². The normalized spacial score (nSPS) is 18.2. The summed E-state index contributed by atoms with van der Waals surface area (Å²) >= 11 is 0. The Morgan fingerprint density at radius 1 is 1.06 bits per heavy atom. The highest BCUT2D eigenvalue weighted by atomic mass is 16.3. The lowest BCUT2D eigenvalue weighted by Crippen LogP contribution is -2.28. The zero-order valence-electron chi connectivity index (χ0n) is 9.59. The minimum absolute atomic E-state index is 0.496. The molecule has 0 aliphatic carbocycles. The van der Waals surface area contributed by atoms with E-state index in [-0.39, 0.29) is 0 Å². The van der Waals surface area contributed by atoms with Crippen LogP contribution in [0.1, 0.15) is 6.42 Å². The van der Waals surface area contributed by atoms with E-state index in [9.17, 15) is 4.91 Å². The van der Waals surface area contributed by atoms with Crippen LogP contribution in [-0.4, -0.2) is 38.1 Å². The summed E-state index contributed by atoms with van der Waals surface area (Å²) in [4.78, 5) is 15.0. The van der Waals surface area contributed by atoms with Crippen molar-refractivity contribution >= 4 is 11.4 Å². The summed E-state index contributed by atoms with van der Waals surface area (Å²) in [7, 11) is 2.16. The molecule has 4 heteroatoms. The van der Waals surface area contributed by atoms with Gasteiger partial charge in [-0.15, -0.1) is 4.91 Å². The summed E-state index contributed by atoms with van der Waals surface area (Å²) in [5, 5.41) is 2.91. The fourth-order valence-corrected chi connectivity index (χ4v) is 2.03. The summed E-state index contributed by atoms with van der Waals surface area (Å²) in [5.74, 6) is 0. The van der Waals surface area contributed by atoms with E-state index in [4.69, 9.17) is 0 Å². The van der Waals surface area contributed by atoms with Gasteiger partial charge in [0.15, 0.2) is 0 Å². The molecule has 0 atom stereocenters. The Hall–Kier alpha value is -1.42. The van der Waals surface area contributed by atoms with E-state index >= 15 is 0 Å². The quantitative estimate of drug-likeness (QED) is 0.715. The summed E-state index contributed by atoms with van der Waals surface area (Å²) in [6.07, 6.45) is 1.18. The van der Waals surface area contributed by atoms with Crippen molar-refractivity contribution in [1.29, 1.82) is 0 Å². The Bertz CT molecular complexity index is 350. The molecule has 0 saturated carbocycles. The highest BCUT2D eigenvalue weighted by molar-refractivity contribution is 5.52. The monoisotopic (exact) mass is 219 g/mol. The standard InChI is InChI=1S/C12H17N3O/c1-14-7-2-8-15(10-9-14)12-5-3-11(13-16)4-6-12/h3-6H,2,7-10H2,1H3. The van der Waals surface area contributed by atoms with Crippen molar-refractivity contribution in [2.24, 2.45) is 5.18 Å². The molecule has 1 aliphatic heterocycles. The highest BCUT2D eigenvalue weighted by Gasteiger charge is 2.12. The molecule has 4 nitrogen and oxygen atoms in total. The molecule has 0 radical (unpaired) electrons. The second kappa shape index (κ2) is 5.07. The van der Waals surface area contributed by atoms with Crippen LogP contribution in [0.4, 0.5) is 11.4 Å². The summed E-state index contributed by atoms with van der Waals surface area (Å²) in [5.41, 5.74) is 1.68. The van der Waals surface area contributed by atoms with Crippen LogP contribution in [0.3, 0.4) is 0 Å². The number of anilines is 1. The second-order valence-corrected chi connectivity index (χ2v) is 4.25. The Kier molecular flexibility index (Phi) is 3.51. The van der Waals surface area contributed by atoms with E-state index in [0.717, 1.165) is 26.2 Å². The Balaban J connectivity index is 2.07. The molecule has 0 N–H and O–H groups in total. The second-order valence-electron chi connectivity index (χ2n) is 4.25. The molecule has 0 spiro atoms. The van der Waals surface area contributed by atoms with Gasteiger partial charge in [-0.3, -0.25) is 0 Å². The predicted molar refractivity (Wildman–Crippen MR) is 66.2 cm³/mol. The first-order valence-electron chi connectivity index (χ1n) is 5.66. The van der Waals surface area contributed by atoms with Gasteiger partial charge in [0.2, 0.25) is 0 Å². The van der Waals surface area contributed by atoms with Gasteiger partial charge >= 0.3 is 0 Å². The number of nitrogens with zero attached hydrogens (tertiary/aromatic N) is 3. The van der Waals surface area contributed by atoms with Gasteiger partial charge in [0.05, 0.1) is 0 Å². The topological polar surface area (TPSA) is 35.9 Å². The third-order valence-corrected chi connectivity index (χ3v) is 3.04. The number of likely N-dealkylation sites (N-methyl/N-ethyl adjacent to an activating group) is 1. The van der Waals surface area contributed by atoms with Crippen molar-refractivity contribution in [2.45, 2.75) is 6.42 Å². The Morgan fingerprint density at radius 2 is 1.81 bits per heavy atom. The van der Waals surface area contributed by atoms with Crippen LogP contribution in [0.5, 0.6) is 0 Å². The third-order valence-electron chi connectivity index (χ3n) is 3.04. The molecule has 0 bridgehead atoms. The number of benzene rings is 1. The molecule has 16 heavy (non-hydrogen) atoms. The molecule has 1 aliphatic rings. The van der Waals surface area contributed by atoms with Gasteiger partial charge in [-0.1, -0.05) is 0 Å². The van der Waals surface area contributed by atoms with Crippen LogP contribution >= 0.6 is 0 Å². The molecule has 0 unspecified atom stereocenters. The summed E-state index contributed by atoms with van der Waals surface area (Å²) in [6.45, 7) is 4.38. The maximum absolute atomic E-state index is 10.3. The van der Waals surface area contributed by atoms with Crippen LogP contribution in [0.2, 0.25) is 0 Å². The lowest BCUT2D eigenvalue weighted by Gasteiger charge is -2.22. The molecule has 1 fully saturated rings. The van der Waals surface area contributed by atoms with E-state index in [1.807, 2.05) is 12.1 Å². The molecule has 0 amide bonds. The lowest BCUT2D eigenvalue weighted by atomic mass is 10.2. The van der Waals surface area contributed by atoms with Crippen LogP contribution < -0.4 is 4.90 Å². The third kappa shape index (κ3) is 2.58. The van der Waals surface area contributed by atoms with Crippen molar-refractivity contribution < 1.29 is 0 Å². The summed E-state index contributed by atoms with van der Waals surface area (Å²) in [6, 6.07) is 7.50. The molecular formula is C12H17N3O. The predicted octanol–water partition coefficient (Wildman–Crippen LogP) is 2.23. The van der Waals surface area contributed by atoms with E-state index < -0.39 is 0 Å². The lowest BCUT2D eigenvalue weighted by molar-refractivity contribution is 0.360. The SMILES string of the molecule is CN1CCCN(c2ccc(N=O)cc2)CC1. The van der Waals surface area contributed by atoms with Gasteiger partial charge in [0, 0.05) is 25.3 Å². The first-order valence-corrected chi connectivity index (χ1v) is 5.66. The van der Waals surface area contributed by atoms with Crippen molar-refractivity contribution in [3.63, 3.8) is 0 Å². The smallest absolute Gasteiger partial charge is 0.108 e. The Labute approximate surface area is 95.8 Å². The van der Waals surface area contributed by atoms with E-state index in [1.165, 1.54) is 12.1 Å². The molecule has 1 aromatic rings. The number of nitroso groups, excluding NO2 is 1. The van der Waals surface area contributed by atoms with Crippen molar-refractivity contribution in [3.8, 4) is 0 Å². The van der Waals surface area contributed by atoms with E-state index in [0.29, 0.717) is 5.69 Å². The fourth-order valence-electron chi connectivity index (χ4n) is 2.03. The Morgan fingerprint density at radius 3 is 2.50 bits per heavy atom. The van der Waals surface area contributed by atoms with Gasteiger partial charge in [-0.2, -0.15) is 0 Å². The number of hydrogen-bond donors (Lipinski definition) is 0. The highest BCUT2D eigenvalue weighted by Crippen LogP contribution is 2.20. The maximum Gasteiger partial charge on any atom is 0.108 e. The zero-order valence-corrected chi connectivity index (χ0v) is 9.59. The van der Waals surface area contributed by atoms with Gasteiger partial charge in [0.25, 0.3) is 0 Å². The average molecular weight is 219 g/mol. The minimum atomic E-state index is 0.496. The number of rotatable bonds is 2. The van der Waals surface area contributed by atoms with Crippen molar-refractivity contribution in [3.05, 3.63) is 29.2 Å². The first-order chi connectivity index (χ1) is 7.79. The molecule has 86 valence electrons. The van der Waals surface area contributed by atoms with Gasteiger partial charge in [-0.25, -0.2) is 0 Å². The van der Waals surface area contributed by atoms with E-state index in [2.05, 4.69) is 22.0 Å². The van der Waals surface area contributed by atoms with Crippen LogP contribution in [0.15, 0.2) is 29.4 Å². The van der Waals surface area contributed by atoms with Crippen LogP contribution in [0, 0.1) is 4.91 Å². The first kappa shape index (κ1) is 11.1. The maximum atomic E-state index is 10.3. The van der Waals surface area contributed by atoms with Gasteiger partial charge in [0.1, 0.15) is 5.69 Å². The van der Waals surface area contributed by atoms with Crippen molar-refractivity contribution in [2.75, 3.05) is 38.1 Å². The molecule has 1 aromatic carbocycles. The van der Waals surface area contributed by atoms with Gasteiger partial charge in [-0.05, 0) is 49.5 Å². The minimum Gasteiger partial charge on any atom is -0.370 e. The molecule has 2 rings (SSSR count). The van der Waals surface area contributed by atoms with Gasteiger partial charge < -0.3 is 9.80 Å². The molecular weight excluding hydrogens is 202 g/mol. The van der Waals surface area contributed by atoms with E-state index in [1.54, 1.807) is 12.1 Å². The largest absolute Gasteiger partial charge is 0.370 e. The molecule has 1 saturated heterocycles. The molecule has 1 heterocycles. The van der Waals surface area contributed by atoms with Crippen LogP contribution in [-0.2, 0) is 0 Å². The zero-order chi connectivity index (χ0) is 11.4. The fraction of sp³-hybridized carbons (Fsp3) is 0.500. The average Bonchev–Trinajstić information content (AvgIpc) is 2.54. The van der Waals surface area contributed by atoms with Crippen LogP contribution in [0.25, 0.3) is 0 Å². The summed E-state index contributed by atoms with van der Waals surface area (Å²) < 4.78 is 0.